The molecule has 0 saturated carbocycles. The molecule has 1 rings (SSSR count). The van der Waals surface area contributed by atoms with Gasteiger partial charge < -0.3 is 15.4 Å². The maximum Gasteiger partial charge on any atom is 0.118 e. The van der Waals surface area contributed by atoms with Crippen molar-refractivity contribution in [3.63, 3.8) is 0 Å². The molecule has 1 atom stereocenters. The van der Waals surface area contributed by atoms with Crippen molar-refractivity contribution in [2.45, 2.75) is 18.9 Å². The van der Waals surface area contributed by atoms with Crippen LogP contribution >= 0.6 is 0 Å². The van der Waals surface area contributed by atoms with E-state index in [4.69, 9.17) is 10.5 Å². The number of hydrogen-bond donors (Lipinski definition) is 1. The molecule has 1 unspecified atom stereocenters. The summed E-state index contributed by atoms with van der Waals surface area (Å²) in [5.74, 6) is 0.848. The topological polar surface area (TPSA) is 38.5 Å². The van der Waals surface area contributed by atoms with Gasteiger partial charge in [0, 0.05) is 6.54 Å². The second-order valence-corrected chi connectivity index (χ2v) is 5.26. The normalized spacial score (nSPS) is 14.3. The maximum atomic E-state index is 6.57. The second-order valence-electron chi connectivity index (χ2n) is 5.26. The Kier molecular flexibility index (Phi) is 4.93. The van der Waals surface area contributed by atoms with Crippen LogP contribution in [0.2, 0.25) is 0 Å². The first-order valence-corrected chi connectivity index (χ1v) is 6.10. The van der Waals surface area contributed by atoms with Crippen molar-refractivity contribution in [2.75, 3.05) is 27.7 Å². The van der Waals surface area contributed by atoms with E-state index < -0.39 is 5.54 Å². The lowest BCUT2D eigenvalue weighted by Crippen LogP contribution is -2.45. The summed E-state index contributed by atoms with van der Waals surface area (Å²) in [5, 5.41) is 0. The standard InChI is InChI=1S/C15H24N2O/c1-12(2)10-15(16,11-17(3)4)13-6-8-14(18-5)9-7-13/h6-9H,1,10-11,16H2,2-5H3. The molecule has 3 heteroatoms. The highest BCUT2D eigenvalue weighted by molar-refractivity contribution is 5.33. The molecular weight excluding hydrogens is 224 g/mol. The molecule has 1 aromatic carbocycles. The smallest absolute Gasteiger partial charge is 0.118 e. The third-order valence-electron chi connectivity index (χ3n) is 2.88. The van der Waals surface area contributed by atoms with Crippen LogP contribution in [0.5, 0.6) is 5.75 Å². The summed E-state index contributed by atoms with van der Waals surface area (Å²) >= 11 is 0. The van der Waals surface area contributed by atoms with Crippen LogP contribution in [0.25, 0.3) is 0 Å². The van der Waals surface area contributed by atoms with Crippen molar-refractivity contribution in [3.8, 4) is 5.75 Å². The Morgan fingerprint density at radius 2 is 1.89 bits per heavy atom. The lowest BCUT2D eigenvalue weighted by molar-refractivity contribution is 0.283. The largest absolute Gasteiger partial charge is 0.497 e. The molecule has 0 aliphatic heterocycles. The van der Waals surface area contributed by atoms with Crippen LogP contribution in [-0.4, -0.2) is 32.6 Å². The number of methoxy groups -OCH3 is 1. The van der Waals surface area contributed by atoms with Gasteiger partial charge in [0.25, 0.3) is 0 Å². The minimum Gasteiger partial charge on any atom is -0.497 e. The molecule has 18 heavy (non-hydrogen) atoms. The Balaban J connectivity index is 3.03. The molecule has 0 radical (unpaired) electrons. The molecule has 1 aromatic rings. The van der Waals surface area contributed by atoms with Gasteiger partial charge >= 0.3 is 0 Å². The van der Waals surface area contributed by atoms with E-state index in [-0.39, 0.29) is 0 Å². The van der Waals surface area contributed by atoms with Crippen molar-refractivity contribution < 1.29 is 4.74 Å². The van der Waals surface area contributed by atoms with Crippen molar-refractivity contribution >= 4 is 0 Å². The highest BCUT2D eigenvalue weighted by Gasteiger charge is 2.28. The van der Waals surface area contributed by atoms with E-state index in [0.717, 1.165) is 29.9 Å². The Hall–Kier alpha value is -1.32. The van der Waals surface area contributed by atoms with Crippen LogP contribution < -0.4 is 10.5 Å². The summed E-state index contributed by atoms with van der Waals surface area (Å²) in [6, 6.07) is 7.96. The number of hydrogen-bond acceptors (Lipinski definition) is 3. The van der Waals surface area contributed by atoms with Crippen molar-refractivity contribution in [3.05, 3.63) is 42.0 Å². The fourth-order valence-corrected chi connectivity index (χ4v) is 2.27. The van der Waals surface area contributed by atoms with Gasteiger partial charge in [-0.05, 0) is 45.1 Å². The zero-order chi connectivity index (χ0) is 13.8. The Morgan fingerprint density at radius 1 is 1.33 bits per heavy atom. The Morgan fingerprint density at radius 3 is 2.28 bits per heavy atom. The van der Waals surface area contributed by atoms with Crippen molar-refractivity contribution in [2.24, 2.45) is 5.73 Å². The lowest BCUT2D eigenvalue weighted by Gasteiger charge is -2.33. The first-order chi connectivity index (χ1) is 8.37. The molecule has 0 aliphatic carbocycles. The highest BCUT2D eigenvalue weighted by atomic mass is 16.5. The Labute approximate surface area is 110 Å². The summed E-state index contributed by atoms with van der Waals surface area (Å²) in [6.07, 6.45) is 0.775. The molecule has 3 nitrogen and oxygen atoms in total. The molecule has 0 spiro atoms. The number of rotatable bonds is 6. The first kappa shape index (κ1) is 14.7. The zero-order valence-electron chi connectivity index (χ0n) is 11.9. The summed E-state index contributed by atoms with van der Waals surface area (Å²) < 4.78 is 5.18. The van der Waals surface area contributed by atoms with Gasteiger partial charge in [-0.1, -0.05) is 17.7 Å². The minimum absolute atomic E-state index is 0.401. The summed E-state index contributed by atoms with van der Waals surface area (Å²) in [6.45, 7) is 6.78. The number of benzene rings is 1. The van der Waals surface area contributed by atoms with Gasteiger partial charge in [0.15, 0.2) is 0 Å². The molecule has 2 N–H and O–H groups in total. The Bertz CT molecular complexity index is 397. The van der Waals surface area contributed by atoms with Crippen LogP contribution in [0.4, 0.5) is 0 Å². The quantitative estimate of drug-likeness (QED) is 0.786. The van der Waals surface area contributed by atoms with Gasteiger partial charge in [-0.2, -0.15) is 0 Å². The van der Waals surface area contributed by atoms with E-state index in [2.05, 4.69) is 11.5 Å². The number of nitrogens with zero attached hydrogens (tertiary/aromatic N) is 1. The molecule has 0 fully saturated rings. The van der Waals surface area contributed by atoms with Crippen LogP contribution in [0.1, 0.15) is 18.9 Å². The van der Waals surface area contributed by atoms with E-state index in [1.54, 1.807) is 7.11 Å². The molecule has 0 aliphatic rings. The average molecular weight is 248 g/mol. The average Bonchev–Trinajstić information content (AvgIpc) is 2.27. The SMILES string of the molecule is C=C(C)CC(N)(CN(C)C)c1ccc(OC)cc1. The van der Waals surface area contributed by atoms with Gasteiger partial charge in [0.1, 0.15) is 5.75 Å². The van der Waals surface area contributed by atoms with Gasteiger partial charge in [0.05, 0.1) is 12.6 Å². The number of nitrogens with two attached hydrogens (primary N) is 1. The van der Waals surface area contributed by atoms with Crippen molar-refractivity contribution in [1.29, 1.82) is 0 Å². The van der Waals surface area contributed by atoms with Crippen LogP contribution in [0.15, 0.2) is 36.4 Å². The van der Waals surface area contributed by atoms with Gasteiger partial charge in [-0.15, -0.1) is 6.58 Å². The third-order valence-corrected chi connectivity index (χ3v) is 2.88. The molecule has 0 bridgehead atoms. The minimum atomic E-state index is -0.401. The van der Waals surface area contributed by atoms with Crippen LogP contribution in [-0.2, 0) is 5.54 Å². The fourth-order valence-electron chi connectivity index (χ4n) is 2.27. The van der Waals surface area contributed by atoms with E-state index in [1.807, 2.05) is 45.3 Å². The highest BCUT2D eigenvalue weighted by Crippen LogP contribution is 2.27. The predicted octanol–water partition coefficient (Wildman–Crippen LogP) is 2.38. The fraction of sp³-hybridized carbons (Fsp3) is 0.467. The van der Waals surface area contributed by atoms with Crippen LogP contribution in [0.3, 0.4) is 0 Å². The molecule has 0 saturated heterocycles. The molecule has 100 valence electrons. The van der Waals surface area contributed by atoms with Gasteiger partial charge in [0.2, 0.25) is 0 Å². The molecule has 0 aromatic heterocycles. The first-order valence-electron chi connectivity index (χ1n) is 6.10. The molecule has 0 amide bonds. The number of likely N-dealkylation sites (N-methyl/N-ethyl adjacent to an activating group) is 1. The van der Waals surface area contributed by atoms with E-state index in [9.17, 15) is 0 Å². The van der Waals surface area contributed by atoms with Crippen molar-refractivity contribution in [1.82, 2.24) is 4.90 Å². The van der Waals surface area contributed by atoms with Gasteiger partial charge in [-0.3, -0.25) is 0 Å². The summed E-state index contributed by atoms with van der Waals surface area (Å²) in [4.78, 5) is 2.10. The summed E-state index contributed by atoms with van der Waals surface area (Å²) in [5.41, 5.74) is 8.37. The predicted molar refractivity (Wildman–Crippen MR) is 76.8 cm³/mol. The monoisotopic (exact) mass is 248 g/mol. The summed E-state index contributed by atoms with van der Waals surface area (Å²) in [7, 11) is 5.73. The third kappa shape index (κ3) is 3.86. The zero-order valence-corrected chi connectivity index (χ0v) is 11.9. The molecular formula is C15H24N2O. The van der Waals surface area contributed by atoms with Crippen LogP contribution in [0, 0.1) is 0 Å². The maximum absolute atomic E-state index is 6.57. The van der Waals surface area contributed by atoms with Gasteiger partial charge in [-0.25, -0.2) is 0 Å². The number of ether oxygens (including phenoxy) is 1. The van der Waals surface area contributed by atoms with E-state index in [1.165, 1.54) is 0 Å². The molecule has 0 heterocycles. The second kappa shape index (κ2) is 6.03. The lowest BCUT2D eigenvalue weighted by atomic mass is 9.85. The van der Waals surface area contributed by atoms with E-state index in [0.29, 0.717) is 0 Å². The van der Waals surface area contributed by atoms with E-state index >= 15 is 0 Å².